The topological polar surface area (TPSA) is 42.1 Å². The number of aromatic nitrogens is 1. The van der Waals surface area contributed by atoms with Gasteiger partial charge in [0, 0.05) is 17.1 Å². The molecule has 1 unspecified atom stereocenters. The van der Waals surface area contributed by atoms with Crippen LogP contribution in [0.15, 0.2) is 30.5 Å². The van der Waals surface area contributed by atoms with Crippen molar-refractivity contribution >= 4 is 28.5 Å². The number of halogens is 1. The molecule has 2 rings (SSSR count). The van der Waals surface area contributed by atoms with Gasteiger partial charge in [0.15, 0.2) is 0 Å². The van der Waals surface area contributed by atoms with Crippen LogP contribution in [0.3, 0.4) is 0 Å². The van der Waals surface area contributed by atoms with Crippen LogP contribution in [0.2, 0.25) is 0 Å². The fraction of sp³-hybridized carbons (Fsp3) is 0.471. The normalized spacial score (nSPS) is 13.3. The number of carbonyl (C=O) groups is 1. The number of aryl methyl sites for hydroxylation is 1. The second kappa shape index (κ2) is 6.52. The van der Waals surface area contributed by atoms with Gasteiger partial charge in [0.05, 0.1) is 6.61 Å². The molecule has 0 bridgehead atoms. The number of hydrogen-bond donors (Lipinski definition) is 1. The molecule has 1 atom stereocenters. The number of H-pyrrole nitrogens is 1. The molecule has 4 heteroatoms. The standard InChI is InChI=1S/C17H22ClNO2/c1-4-21-16(20)15(18)17(2,3)10-9-12-11-19-14-8-6-5-7-13(12)14/h5-8,11,15,19H,4,9-10H2,1-3H3. The van der Waals surface area contributed by atoms with E-state index >= 15 is 0 Å². The predicted octanol–water partition coefficient (Wildman–Crippen LogP) is 4.30. The maximum atomic E-state index is 11.8. The lowest BCUT2D eigenvalue weighted by Gasteiger charge is -2.28. The van der Waals surface area contributed by atoms with Crippen molar-refractivity contribution in [3.8, 4) is 0 Å². The van der Waals surface area contributed by atoms with Crippen molar-refractivity contribution in [3.05, 3.63) is 36.0 Å². The quantitative estimate of drug-likeness (QED) is 0.638. The lowest BCUT2D eigenvalue weighted by molar-refractivity contribution is -0.144. The van der Waals surface area contributed by atoms with E-state index in [1.165, 1.54) is 10.9 Å². The van der Waals surface area contributed by atoms with Gasteiger partial charge in [0.25, 0.3) is 0 Å². The third-order valence-corrected chi connectivity index (χ3v) is 4.66. The van der Waals surface area contributed by atoms with Crippen LogP contribution in [0.5, 0.6) is 0 Å². The molecule has 0 saturated carbocycles. The van der Waals surface area contributed by atoms with Gasteiger partial charge in [-0.1, -0.05) is 32.0 Å². The van der Waals surface area contributed by atoms with Crippen molar-refractivity contribution in [2.45, 2.75) is 39.0 Å². The van der Waals surface area contributed by atoms with E-state index in [2.05, 4.69) is 17.1 Å². The summed E-state index contributed by atoms with van der Waals surface area (Å²) >= 11 is 6.28. The lowest BCUT2D eigenvalue weighted by Crippen LogP contribution is -2.34. The third-order valence-electron chi connectivity index (χ3n) is 3.89. The number of benzene rings is 1. The highest BCUT2D eigenvalue weighted by Crippen LogP contribution is 2.33. The van der Waals surface area contributed by atoms with Crippen molar-refractivity contribution in [2.75, 3.05) is 6.61 Å². The Morgan fingerprint density at radius 1 is 1.38 bits per heavy atom. The molecule has 1 aromatic carbocycles. The van der Waals surface area contributed by atoms with E-state index in [4.69, 9.17) is 16.3 Å². The van der Waals surface area contributed by atoms with E-state index in [9.17, 15) is 4.79 Å². The van der Waals surface area contributed by atoms with E-state index in [0.717, 1.165) is 18.4 Å². The van der Waals surface area contributed by atoms with E-state index in [-0.39, 0.29) is 11.4 Å². The highest BCUT2D eigenvalue weighted by Gasteiger charge is 2.34. The lowest BCUT2D eigenvalue weighted by atomic mass is 9.82. The summed E-state index contributed by atoms with van der Waals surface area (Å²) in [6.45, 7) is 6.17. The smallest absolute Gasteiger partial charge is 0.324 e. The van der Waals surface area contributed by atoms with Gasteiger partial charge in [0.2, 0.25) is 0 Å². The van der Waals surface area contributed by atoms with Crippen LogP contribution in [0.4, 0.5) is 0 Å². The van der Waals surface area contributed by atoms with Crippen LogP contribution in [0.25, 0.3) is 10.9 Å². The maximum absolute atomic E-state index is 11.8. The molecular weight excluding hydrogens is 286 g/mol. The van der Waals surface area contributed by atoms with Gasteiger partial charge >= 0.3 is 5.97 Å². The number of carbonyl (C=O) groups excluding carboxylic acids is 1. The summed E-state index contributed by atoms with van der Waals surface area (Å²) in [4.78, 5) is 15.1. The van der Waals surface area contributed by atoms with Gasteiger partial charge in [-0.2, -0.15) is 0 Å². The summed E-state index contributed by atoms with van der Waals surface area (Å²) in [5, 5.41) is 0.609. The molecule has 1 heterocycles. The number of para-hydroxylation sites is 1. The molecule has 1 aromatic heterocycles. The summed E-state index contributed by atoms with van der Waals surface area (Å²) in [7, 11) is 0. The largest absolute Gasteiger partial charge is 0.465 e. The number of nitrogens with one attached hydrogen (secondary N) is 1. The predicted molar refractivity (Wildman–Crippen MR) is 86.7 cm³/mol. The molecule has 0 saturated heterocycles. The fourth-order valence-electron chi connectivity index (χ4n) is 2.46. The second-order valence-corrected chi connectivity index (χ2v) is 6.40. The van der Waals surface area contributed by atoms with Crippen molar-refractivity contribution in [1.29, 1.82) is 0 Å². The Morgan fingerprint density at radius 3 is 2.81 bits per heavy atom. The maximum Gasteiger partial charge on any atom is 0.324 e. The van der Waals surface area contributed by atoms with E-state index in [1.54, 1.807) is 6.92 Å². The molecule has 0 spiro atoms. The monoisotopic (exact) mass is 307 g/mol. The Balaban J connectivity index is 2.05. The second-order valence-electron chi connectivity index (χ2n) is 5.96. The van der Waals surface area contributed by atoms with Crippen LogP contribution in [0, 0.1) is 5.41 Å². The molecule has 114 valence electrons. The zero-order valence-electron chi connectivity index (χ0n) is 12.8. The average Bonchev–Trinajstić information content (AvgIpc) is 2.88. The Labute approximate surface area is 130 Å². The number of fused-ring (bicyclic) bond motifs is 1. The first kappa shape index (κ1) is 15.9. The van der Waals surface area contributed by atoms with Gasteiger partial charge < -0.3 is 9.72 Å². The van der Waals surface area contributed by atoms with E-state index in [0.29, 0.717) is 6.61 Å². The fourth-order valence-corrected chi connectivity index (χ4v) is 2.63. The van der Waals surface area contributed by atoms with Crippen LogP contribution in [0.1, 0.15) is 32.8 Å². The molecule has 0 fully saturated rings. The summed E-state index contributed by atoms with van der Waals surface area (Å²) in [5.41, 5.74) is 2.08. The Hall–Kier alpha value is -1.48. The average molecular weight is 308 g/mol. The van der Waals surface area contributed by atoms with Gasteiger partial charge in [0.1, 0.15) is 5.38 Å². The minimum atomic E-state index is -0.623. The molecule has 1 N–H and O–H groups in total. The number of hydrogen-bond acceptors (Lipinski definition) is 2. The molecule has 0 amide bonds. The van der Waals surface area contributed by atoms with Gasteiger partial charge in [-0.3, -0.25) is 4.79 Å². The Kier molecular flexibility index (Phi) is 4.94. The molecular formula is C17H22ClNO2. The van der Waals surface area contributed by atoms with Crippen molar-refractivity contribution < 1.29 is 9.53 Å². The van der Waals surface area contributed by atoms with E-state index in [1.807, 2.05) is 32.2 Å². The molecule has 0 aliphatic carbocycles. The van der Waals surface area contributed by atoms with E-state index < -0.39 is 5.38 Å². The molecule has 0 aliphatic heterocycles. The minimum Gasteiger partial charge on any atom is -0.465 e. The zero-order valence-corrected chi connectivity index (χ0v) is 13.5. The van der Waals surface area contributed by atoms with Gasteiger partial charge in [-0.15, -0.1) is 11.6 Å². The molecule has 2 aromatic rings. The highest BCUT2D eigenvalue weighted by atomic mass is 35.5. The molecule has 0 radical (unpaired) electrons. The third kappa shape index (κ3) is 3.59. The minimum absolute atomic E-state index is 0.313. The summed E-state index contributed by atoms with van der Waals surface area (Å²) in [6, 6.07) is 8.22. The van der Waals surface area contributed by atoms with Crippen molar-refractivity contribution in [1.82, 2.24) is 4.98 Å². The number of esters is 1. The number of aromatic amines is 1. The summed E-state index contributed by atoms with van der Waals surface area (Å²) < 4.78 is 5.02. The SMILES string of the molecule is CCOC(=O)C(Cl)C(C)(C)CCc1c[nH]c2ccccc12. The van der Waals surface area contributed by atoms with Crippen molar-refractivity contribution in [3.63, 3.8) is 0 Å². The van der Waals surface area contributed by atoms with Gasteiger partial charge in [-0.25, -0.2) is 0 Å². The van der Waals surface area contributed by atoms with Crippen molar-refractivity contribution in [2.24, 2.45) is 5.41 Å². The van der Waals surface area contributed by atoms with Crippen LogP contribution < -0.4 is 0 Å². The van der Waals surface area contributed by atoms with Gasteiger partial charge in [-0.05, 0) is 36.8 Å². The summed E-state index contributed by atoms with van der Waals surface area (Å²) in [5.74, 6) is -0.330. The van der Waals surface area contributed by atoms with Crippen LogP contribution >= 0.6 is 11.6 Å². The number of ether oxygens (including phenoxy) is 1. The zero-order chi connectivity index (χ0) is 15.5. The molecule has 0 aliphatic rings. The Bertz CT molecular complexity index is 618. The number of rotatable bonds is 6. The highest BCUT2D eigenvalue weighted by molar-refractivity contribution is 6.30. The molecule has 21 heavy (non-hydrogen) atoms. The first-order valence-corrected chi connectivity index (χ1v) is 7.75. The Morgan fingerprint density at radius 2 is 2.10 bits per heavy atom. The number of alkyl halides is 1. The van der Waals surface area contributed by atoms with Crippen LogP contribution in [-0.4, -0.2) is 22.9 Å². The molecule has 3 nitrogen and oxygen atoms in total. The van der Waals surface area contributed by atoms with Crippen LogP contribution in [-0.2, 0) is 16.0 Å². The first-order chi connectivity index (χ1) is 9.95. The summed E-state index contributed by atoms with van der Waals surface area (Å²) in [6.07, 6.45) is 3.73. The first-order valence-electron chi connectivity index (χ1n) is 7.31.